The zero-order valence-corrected chi connectivity index (χ0v) is 10.7. The van der Waals surface area contributed by atoms with Crippen LogP contribution in [0.3, 0.4) is 0 Å². The van der Waals surface area contributed by atoms with Crippen molar-refractivity contribution in [2.24, 2.45) is 5.92 Å². The SMILES string of the molecule is CCC1CC1NC(=O)c1cc2cc(C)ccc2o1. The summed E-state index contributed by atoms with van der Waals surface area (Å²) in [4.78, 5) is 12.0. The molecule has 1 aromatic heterocycles. The Kier molecular flexibility index (Phi) is 2.62. The molecule has 0 aliphatic heterocycles. The van der Waals surface area contributed by atoms with Crippen molar-refractivity contribution >= 4 is 16.9 Å². The molecule has 1 aliphatic rings. The third-order valence-electron chi connectivity index (χ3n) is 3.66. The lowest BCUT2D eigenvalue weighted by Gasteiger charge is -2.00. The van der Waals surface area contributed by atoms with Crippen LogP contribution >= 0.6 is 0 Å². The molecule has 1 N–H and O–H groups in total. The molecule has 3 nitrogen and oxygen atoms in total. The molecule has 1 saturated carbocycles. The first-order chi connectivity index (χ1) is 8.67. The highest BCUT2D eigenvalue weighted by Gasteiger charge is 2.37. The van der Waals surface area contributed by atoms with Crippen molar-refractivity contribution in [2.75, 3.05) is 0 Å². The van der Waals surface area contributed by atoms with Crippen LogP contribution in [0.25, 0.3) is 11.0 Å². The number of hydrogen-bond donors (Lipinski definition) is 1. The Balaban J connectivity index is 1.79. The number of furan rings is 1. The minimum atomic E-state index is -0.0928. The quantitative estimate of drug-likeness (QED) is 0.899. The minimum absolute atomic E-state index is 0.0928. The van der Waals surface area contributed by atoms with E-state index in [0.717, 1.165) is 23.8 Å². The van der Waals surface area contributed by atoms with Crippen molar-refractivity contribution in [1.82, 2.24) is 5.32 Å². The number of hydrogen-bond acceptors (Lipinski definition) is 2. The van der Waals surface area contributed by atoms with E-state index in [0.29, 0.717) is 17.7 Å². The predicted octanol–water partition coefficient (Wildman–Crippen LogP) is 3.27. The zero-order valence-electron chi connectivity index (χ0n) is 10.7. The van der Waals surface area contributed by atoms with E-state index in [4.69, 9.17) is 4.42 Å². The van der Waals surface area contributed by atoms with Crippen molar-refractivity contribution in [3.8, 4) is 0 Å². The van der Waals surface area contributed by atoms with Crippen molar-refractivity contribution in [3.63, 3.8) is 0 Å². The van der Waals surface area contributed by atoms with Crippen LogP contribution in [0, 0.1) is 12.8 Å². The van der Waals surface area contributed by atoms with Gasteiger partial charge in [-0.25, -0.2) is 0 Å². The summed E-state index contributed by atoms with van der Waals surface area (Å²) in [5, 5.41) is 4.00. The Morgan fingerprint density at radius 2 is 2.28 bits per heavy atom. The third kappa shape index (κ3) is 2.01. The molecule has 2 unspecified atom stereocenters. The molecule has 94 valence electrons. The van der Waals surface area contributed by atoms with Gasteiger partial charge in [-0.1, -0.05) is 25.0 Å². The Bertz CT molecular complexity index is 600. The van der Waals surface area contributed by atoms with Crippen LogP contribution in [0.4, 0.5) is 0 Å². The predicted molar refractivity (Wildman–Crippen MR) is 70.6 cm³/mol. The van der Waals surface area contributed by atoms with Gasteiger partial charge in [0.05, 0.1) is 0 Å². The fourth-order valence-corrected chi connectivity index (χ4v) is 2.39. The maximum Gasteiger partial charge on any atom is 0.287 e. The van der Waals surface area contributed by atoms with Crippen molar-refractivity contribution < 1.29 is 9.21 Å². The average molecular weight is 243 g/mol. The molecule has 0 spiro atoms. The Labute approximate surface area is 106 Å². The van der Waals surface area contributed by atoms with Gasteiger partial charge >= 0.3 is 0 Å². The highest BCUT2D eigenvalue weighted by Crippen LogP contribution is 2.33. The Hall–Kier alpha value is -1.77. The van der Waals surface area contributed by atoms with Crippen LogP contribution < -0.4 is 5.32 Å². The lowest BCUT2D eigenvalue weighted by Crippen LogP contribution is -2.26. The van der Waals surface area contributed by atoms with Crippen molar-refractivity contribution in [3.05, 3.63) is 35.6 Å². The molecule has 1 aliphatic carbocycles. The summed E-state index contributed by atoms with van der Waals surface area (Å²) in [6, 6.07) is 8.09. The van der Waals surface area contributed by atoms with Gasteiger partial charge in [0.25, 0.3) is 5.91 Å². The number of rotatable bonds is 3. The molecule has 18 heavy (non-hydrogen) atoms. The minimum Gasteiger partial charge on any atom is -0.451 e. The average Bonchev–Trinajstić information content (AvgIpc) is 2.96. The molecule has 1 heterocycles. The molecular weight excluding hydrogens is 226 g/mol. The maximum absolute atomic E-state index is 12.0. The molecule has 1 fully saturated rings. The molecule has 0 radical (unpaired) electrons. The van der Waals surface area contributed by atoms with E-state index in [1.54, 1.807) is 0 Å². The molecule has 0 bridgehead atoms. The first-order valence-electron chi connectivity index (χ1n) is 6.48. The van der Waals surface area contributed by atoms with Gasteiger partial charge in [0.2, 0.25) is 0 Å². The molecule has 2 atom stereocenters. The van der Waals surface area contributed by atoms with Crippen LogP contribution in [0.15, 0.2) is 28.7 Å². The maximum atomic E-state index is 12.0. The summed E-state index contributed by atoms with van der Waals surface area (Å²) < 4.78 is 5.57. The molecule has 0 saturated heterocycles. The van der Waals surface area contributed by atoms with E-state index in [1.807, 2.05) is 31.2 Å². The summed E-state index contributed by atoms with van der Waals surface area (Å²) >= 11 is 0. The molecule has 1 aromatic carbocycles. The highest BCUT2D eigenvalue weighted by molar-refractivity contribution is 5.96. The second-order valence-electron chi connectivity index (χ2n) is 5.14. The highest BCUT2D eigenvalue weighted by atomic mass is 16.3. The second-order valence-corrected chi connectivity index (χ2v) is 5.14. The largest absolute Gasteiger partial charge is 0.451 e. The van der Waals surface area contributed by atoms with Gasteiger partial charge in [-0.3, -0.25) is 4.79 Å². The number of nitrogens with one attached hydrogen (secondary N) is 1. The number of fused-ring (bicyclic) bond motifs is 1. The third-order valence-corrected chi connectivity index (χ3v) is 3.66. The van der Waals surface area contributed by atoms with Crippen molar-refractivity contribution in [1.29, 1.82) is 0 Å². The van der Waals surface area contributed by atoms with Crippen LogP contribution in [0.1, 0.15) is 35.9 Å². The second kappa shape index (κ2) is 4.16. The summed E-state index contributed by atoms with van der Waals surface area (Å²) in [6.07, 6.45) is 2.23. The summed E-state index contributed by atoms with van der Waals surface area (Å²) in [7, 11) is 0. The topological polar surface area (TPSA) is 42.2 Å². The molecule has 3 rings (SSSR count). The molecule has 2 aromatic rings. The first-order valence-corrected chi connectivity index (χ1v) is 6.48. The van der Waals surface area contributed by atoms with E-state index >= 15 is 0 Å². The fraction of sp³-hybridized carbons (Fsp3) is 0.400. The lowest BCUT2D eigenvalue weighted by molar-refractivity contribution is 0.0923. The molecule has 3 heteroatoms. The van der Waals surface area contributed by atoms with Gasteiger partial charge in [0.15, 0.2) is 5.76 Å². The Morgan fingerprint density at radius 1 is 1.44 bits per heavy atom. The van der Waals surface area contributed by atoms with E-state index in [9.17, 15) is 4.79 Å². The van der Waals surface area contributed by atoms with E-state index in [-0.39, 0.29) is 5.91 Å². The van der Waals surface area contributed by atoms with E-state index in [1.165, 1.54) is 5.56 Å². The molecule has 1 amide bonds. The van der Waals surface area contributed by atoms with Gasteiger partial charge in [-0.2, -0.15) is 0 Å². The monoisotopic (exact) mass is 243 g/mol. The number of amides is 1. The lowest BCUT2D eigenvalue weighted by atomic mass is 10.2. The Morgan fingerprint density at radius 3 is 3.00 bits per heavy atom. The van der Waals surface area contributed by atoms with Gasteiger partial charge in [-0.05, 0) is 37.5 Å². The van der Waals surface area contributed by atoms with E-state index < -0.39 is 0 Å². The normalized spacial score (nSPS) is 22.1. The van der Waals surface area contributed by atoms with Gasteiger partial charge < -0.3 is 9.73 Å². The molecular formula is C15H17NO2. The zero-order chi connectivity index (χ0) is 12.7. The van der Waals surface area contributed by atoms with E-state index in [2.05, 4.69) is 12.2 Å². The van der Waals surface area contributed by atoms with Gasteiger partial charge in [0, 0.05) is 11.4 Å². The van der Waals surface area contributed by atoms with Crippen LogP contribution in [0.2, 0.25) is 0 Å². The van der Waals surface area contributed by atoms with Gasteiger partial charge in [-0.15, -0.1) is 0 Å². The first kappa shape index (κ1) is 11.3. The van der Waals surface area contributed by atoms with Gasteiger partial charge in [0.1, 0.15) is 5.58 Å². The van der Waals surface area contributed by atoms with Crippen LogP contribution in [-0.4, -0.2) is 11.9 Å². The van der Waals surface area contributed by atoms with Crippen LogP contribution in [0.5, 0.6) is 0 Å². The fourth-order valence-electron chi connectivity index (χ4n) is 2.39. The number of carbonyl (C=O) groups is 1. The number of benzene rings is 1. The van der Waals surface area contributed by atoms with Crippen LogP contribution in [-0.2, 0) is 0 Å². The number of carbonyl (C=O) groups excluding carboxylic acids is 1. The standard InChI is InChI=1S/C15H17NO2/c1-3-10-7-12(10)16-15(17)14-8-11-6-9(2)4-5-13(11)18-14/h4-6,8,10,12H,3,7H2,1-2H3,(H,16,17). The summed E-state index contributed by atoms with van der Waals surface area (Å²) in [5.74, 6) is 0.975. The smallest absolute Gasteiger partial charge is 0.287 e. The van der Waals surface area contributed by atoms with Crippen molar-refractivity contribution in [2.45, 2.75) is 32.7 Å². The summed E-state index contributed by atoms with van der Waals surface area (Å²) in [6.45, 7) is 4.18. The number of aryl methyl sites for hydroxylation is 1. The summed E-state index contributed by atoms with van der Waals surface area (Å²) in [5.41, 5.74) is 1.94.